The molecule has 4 nitrogen and oxygen atoms in total. The lowest BCUT2D eigenvalue weighted by Gasteiger charge is -2.39. The van der Waals surface area contributed by atoms with Gasteiger partial charge in [-0.3, -0.25) is 14.6 Å². The predicted octanol–water partition coefficient (Wildman–Crippen LogP) is 7.70. The van der Waals surface area contributed by atoms with Gasteiger partial charge in [-0.15, -0.1) is 0 Å². The molecule has 0 fully saturated rings. The number of aromatic nitrogens is 1. The van der Waals surface area contributed by atoms with Crippen LogP contribution in [0, 0.1) is 0 Å². The summed E-state index contributed by atoms with van der Waals surface area (Å²) in [7, 11) is 1.95. The first-order valence-electron chi connectivity index (χ1n) is 13.6. The van der Waals surface area contributed by atoms with Gasteiger partial charge in [0.15, 0.2) is 11.6 Å². The fraction of sp³-hybridized carbons (Fsp3) is 0.0541. The first-order valence-corrected chi connectivity index (χ1v) is 13.6. The minimum atomic E-state index is -0.661. The van der Waals surface area contributed by atoms with Crippen LogP contribution in [-0.2, 0) is 0 Å². The number of carbonyl (C=O) groups excluding carboxylic acids is 2. The number of Topliss-reactive ketones (excluding diaryl/α,β-unsaturated/α-hetero) is 2. The predicted molar refractivity (Wildman–Crippen MR) is 163 cm³/mol. The summed E-state index contributed by atoms with van der Waals surface area (Å²) in [4.78, 5) is 35.7. The van der Waals surface area contributed by atoms with Gasteiger partial charge < -0.3 is 4.90 Å². The number of pyridine rings is 1. The highest BCUT2D eigenvalue weighted by atomic mass is 16.1. The largest absolute Gasteiger partial charge is 0.343 e. The van der Waals surface area contributed by atoms with Crippen molar-refractivity contribution in [1.29, 1.82) is 0 Å². The average Bonchev–Trinajstić information content (AvgIpc) is 3.05. The third-order valence-corrected chi connectivity index (χ3v) is 7.43. The van der Waals surface area contributed by atoms with Gasteiger partial charge in [0.2, 0.25) is 0 Å². The van der Waals surface area contributed by atoms with Crippen molar-refractivity contribution >= 4 is 23.0 Å². The number of ketones is 2. The van der Waals surface area contributed by atoms with Crippen molar-refractivity contribution in [2.45, 2.75) is 5.92 Å². The Balaban J connectivity index is 1.73. The molecule has 0 bridgehead atoms. The van der Waals surface area contributed by atoms with Gasteiger partial charge in [0.1, 0.15) is 0 Å². The monoisotopic (exact) mass is 532 g/mol. The van der Waals surface area contributed by atoms with Crippen molar-refractivity contribution in [2.24, 2.45) is 0 Å². The van der Waals surface area contributed by atoms with Gasteiger partial charge in [-0.25, -0.2) is 0 Å². The zero-order valence-corrected chi connectivity index (χ0v) is 22.6. The summed E-state index contributed by atoms with van der Waals surface area (Å²) in [6.07, 6.45) is 3.47. The fourth-order valence-electron chi connectivity index (χ4n) is 5.63. The van der Waals surface area contributed by atoms with E-state index < -0.39 is 5.92 Å². The molecule has 0 aliphatic carbocycles. The molecule has 0 atom stereocenters. The number of benzene rings is 4. The summed E-state index contributed by atoms with van der Waals surface area (Å²) in [5, 5.41) is 0. The first-order chi connectivity index (χ1) is 20.1. The zero-order valence-electron chi connectivity index (χ0n) is 22.6. The number of hydrogen-bond donors (Lipinski definition) is 0. The van der Waals surface area contributed by atoms with E-state index in [1.165, 1.54) is 0 Å². The van der Waals surface area contributed by atoms with E-state index in [9.17, 15) is 9.59 Å². The number of carbonyl (C=O) groups is 2. The Morgan fingerprint density at radius 3 is 1.37 bits per heavy atom. The van der Waals surface area contributed by atoms with Gasteiger partial charge in [0.25, 0.3) is 0 Å². The van der Waals surface area contributed by atoms with Crippen molar-refractivity contribution in [1.82, 2.24) is 9.88 Å². The molecule has 4 aromatic carbocycles. The smallest absolute Gasteiger partial charge is 0.192 e. The lowest BCUT2D eigenvalue weighted by molar-refractivity contribution is 0.101. The lowest BCUT2D eigenvalue weighted by atomic mass is 9.73. The second-order valence-corrected chi connectivity index (χ2v) is 9.93. The highest BCUT2D eigenvalue weighted by Gasteiger charge is 2.41. The van der Waals surface area contributed by atoms with Gasteiger partial charge >= 0.3 is 0 Å². The molecule has 6 rings (SSSR count). The Labute approximate surface area is 239 Å². The molecule has 0 N–H and O–H groups in total. The average molecular weight is 533 g/mol. The van der Waals surface area contributed by atoms with Gasteiger partial charge in [-0.2, -0.15) is 0 Å². The normalized spacial score (nSPS) is 13.8. The van der Waals surface area contributed by atoms with Crippen molar-refractivity contribution in [2.75, 3.05) is 7.05 Å². The Kier molecular flexibility index (Phi) is 7.21. The molecule has 198 valence electrons. The van der Waals surface area contributed by atoms with Crippen LogP contribution in [0.4, 0.5) is 0 Å². The highest BCUT2D eigenvalue weighted by molar-refractivity contribution is 6.22. The quantitative estimate of drug-likeness (QED) is 0.202. The molecular weight excluding hydrogens is 504 g/mol. The molecule has 0 amide bonds. The van der Waals surface area contributed by atoms with Crippen LogP contribution in [0.15, 0.2) is 157 Å². The van der Waals surface area contributed by atoms with E-state index in [-0.39, 0.29) is 11.6 Å². The summed E-state index contributed by atoms with van der Waals surface area (Å²) in [6, 6.07) is 42.2. The minimum absolute atomic E-state index is 0.129. The number of hydrogen-bond acceptors (Lipinski definition) is 4. The van der Waals surface area contributed by atoms with Gasteiger partial charge in [0, 0.05) is 47.6 Å². The molecule has 0 unspecified atom stereocenters. The van der Waals surface area contributed by atoms with E-state index >= 15 is 0 Å². The van der Waals surface area contributed by atoms with Crippen LogP contribution >= 0.6 is 0 Å². The zero-order chi connectivity index (χ0) is 28.2. The molecule has 1 aliphatic rings. The van der Waals surface area contributed by atoms with Crippen LogP contribution in [-0.4, -0.2) is 28.5 Å². The summed E-state index contributed by atoms with van der Waals surface area (Å²) in [6.45, 7) is 0. The summed E-state index contributed by atoms with van der Waals surface area (Å²) in [5.74, 6) is -0.919. The fourth-order valence-corrected chi connectivity index (χ4v) is 5.63. The first kappa shape index (κ1) is 25.9. The molecular formula is C37H28N2O2. The summed E-state index contributed by atoms with van der Waals surface area (Å²) < 4.78 is 0. The van der Waals surface area contributed by atoms with E-state index in [2.05, 4.69) is 4.98 Å². The second-order valence-electron chi connectivity index (χ2n) is 9.93. The molecule has 1 aromatic heterocycles. The Morgan fingerprint density at radius 2 is 0.976 bits per heavy atom. The summed E-state index contributed by atoms with van der Waals surface area (Å²) >= 11 is 0. The van der Waals surface area contributed by atoms with Crippen molar-refractivity contribution in [3.8, 4) is 0 Å². The Morgan fingerprint density at radius 1 is 0.561 bits per heavy atom. The lowest BCUT2D eigenvalue weighted by Crippen LogP contribution is -2.33. The van der Waals surface area contributed by atoms with Crippen LogP contribution in [0.25, 0.3) is 11.4 Å². The maximum atomic E-state index is 14.6. The number of rotatable bonds is 7. The molecule has 0 radical (unpaired) electrons. The SMILES string of the molecule is CN1C(c2ccccc2)=C(C(=O)c2ccccc2)C(c2cccnc2)C(C(=O)c2ccccc2)=C1c1ccccc1. The van der Waals surface area contributed by atoms with Crippen molar-refractivity contribution in [3.63, 3.8) is 0 Å². The van der Waals surface area contributed by atoms with Crippen molar-refractivity contribution < 1.29 is 9.59 Å². The van der Waals surface area contributed by atoms with E-state index in [1.54, 1.807) is 12.4 Å². The Bertz CT molecular complexity index is 1630. The van der Waals surface area contributed by atoms with E-state index in [1.807, 2.05) is 145 Å². The summed E-state index contributed by atoms with van der Waals surface area (Å²) in [5.41, 5.74) is 6.29. The van der Waals surface area contributed by atoms with E-state index in [4.69, 9.17) is 0 Å². The Hall–Kier alpha value is -5.35. The number of allylic oxidation sites excluding steroid dienone is 2. The maximum absolute atomic E-state index is 14.6. The maximum Gasteiger partial charge on any atom is 0.192 e. The van der Waals surface area contributed by atoms with E-state index in [0.29, 0.717) is 22.3 Å². The van der Waals surface area contributed by atoms with Gasteiger partial charge in [-0.05, 0) is 22.8 Å². The third kappa shape index (κ3) is 4.92. The van der Waals surface area contributed by atoms with Crippen LogP contribution in [0.5, 0.6) is 0 Å². The third-order valence-electron chi connectivity index (χ3n) is 7.43. The van der Waals surface area contributed by atoms with Gasteiger partial charge in [-0.1, -0.05) is 127 Å². The van der Waals surface area contributed by atoms with E-state index in [0.717, 1.165) is 28.1 Å². The molecule has 4 heteroatoms. The minimum Gasteiger partial charge on any atom is -0.343 e. The van der Waals surface area contributed by atoms with Gasteiger partial charge in [0.05, 0.1) is 11.4 Å². The molecule has 2 heterocycles. The van der Waals surface area contributed by atoms with Crippen LogP contribution in [0.1, 0.15) is 43.3 Å². The molecule has 0 saturated carbocycles. The molecule has 0 spiro atoms. The topological polar surface area (TPSA) is 50.3 Å². The second kappa shape index (κ2) is 11.4. The van der Waals surface area contributed by atoms with Crippen LogP contribution in [0.3, 0.4) is 0 Å². The molecule has 41 heavy (non-hydrogen) atoms. The molecule has 1 aliphatic heterocycles. The standard InChI is InChI=1S/C37H28N2O2/c1-39-34(26-15-6-2-7-16-26)32(36(40)28-19-10-4-11-20-28)31(30-23-14-24-38-25-30)33(35(39)27-17-8-3-9-18-27)37(41)29-21-12-5-13-22-29/h2-25,31H,1H3. The van der Waals surface area contributed by atoms with Crippen LogP contribution in [0.2, 0.25) is 0 Å². The van der Waals surface area contributed by atoms with Crippen LogP contribution < -0.4 is 0 Å². The number of nitrogens with zero attached hydrogens (tertiary/aromatic N) is 2. The van der Waals surface area contributed by atoms with Crippen molar-refractivity contribution in [3.05, 3.63) is 185 Å². The molecule has 0 saturated heterocycles. The molecule has 5 aromatic rings. The highest BCUT2D eigenvalue weighted by Crippen LogP contribution is 2.49.